The van der Waals surface area contributed by atoms with E-state index in [2.05, 4.69) is 25.2 Å². The molecule has 3 atom stereocenters. The summed E-state index contributed by atoms with van der Waals surface area (Å²) in [5.41, 5.74) is 5.58. The Labute approximate surface area is 234 Å². The molecule has 1 heterocycles. The van der Waals surface area contributed by atoms with Crippen molar-refractivity contribution < 1.29 is 24.2 Å². The lowest BCUT2D eigenvalue weighted by atomic mass is 9.68. The second-order valence-corrected chi connectivity index (χ2v) is 11.9. The summed E-state index contributed by atoms with van der Waals surface area (Å²) in [4.78, 5) is 24.7. The number of allylic oxidation sites excluding steroid dienone is 1. The summed E-state index contributed by atoms with van der Waals surface area (Å²) in [5.74, 6) is -0.352. The van der Waals surface area contributed by atoms with Crippen LogP contribution in [0.15, 0.2) is 42.0 Å². The first-order valence-electron chi connectivity index (χ1n) is 13.0. The zero-order valence-corrected chi connectivity index (χ0v) is 23.8. The molecule has 0 saturated carbocycles. The average molecular weight is 561 g/mol. The maximum absolute atomic E-state index is 12.8. The van der Waals surface area contributed by atoms with E-state index in [1.54, 1.807) is 12.1 Å². The third-order valence-electron chi connectivity index (χ3n) is 7.49. The SMILES string of the molecule is Cc1cc(NC(=O)OC2CC(c3ccc(Cl)c(C)c3)=C(CC[C@H]3C[C@H](O)CC(=O)O3)C(C)(C)C2)ccc1Cl. The quantitative estimate of drug-likeness (QED) is 0.355. The van der Waals surface area contributed by atoms with Crippen LogP contribution in [0.5, 0.6) is 0 Å². The predicted molar refractivity (Wildman–Crippen MR) is 151 cm³/mol. The van der Waals surface area contributed by atoms with Crippen LogP contribution in [0.3, 0.4) is 0 Å². The number of aliphatic hydroxyl groups is 1. The van der Waals surface area contributed by atoms with Crippen molar-refractivity contribution in [2.75, 3.05) is 5.32 Å². The minimum atomic E-state index is -0.659. The van der Waals surface area contributed by atoms with Crippen LogP contribution in [0.1, 0.15) is 69.1 Å². The van der Waals surface area contributed by atoms with E-state index in [-0.39, 0.29) is 30.0 Å². The molecule has 1 unspecified atom stereocenters. The van der Waals surface area contributed by atoms with E-state index in [9.17, 15) is 14.7 Å². The topological polar surface area (TPSA) is 84.9 Å². The minimum Gasteiger partial charge on any atom is -0.462 e. The van der Waals surface area contributed by atoms with Crippen molar-refractivity contribution in [2.24, 2.45) is 5.41 Å². The molecule has 204 valence electrons. The fraction of sp³-hybridized carbons (Fsp3) is 0.467. The van der Waals surface area contributed by atoms with Crippen LogP contribution >= 0.6 is 23.2 Å². The molecular formula is C30H35Cl2NO5. The molecule has 0 radical (unpaired) electrons. The smallest absolute Gasteiger partial charge is 0.411 e. The van der Waals surface area contributed by atoms with Crippen molar-refractivity contribution in [3.05, 3.63) is 68.7 Å². The van der Waals surface area contributed by atoms with Gasteiger partial charge >= 0.3 is 12.1 Å². The van der Waals surface area contributed by atoms with Gasteiger partial charge in [0.1, 0.15) is 12.2 Å². The average Bonchev–Trinajstić information content (AvgIpc) is 2.81. The van der Waals surface area contributed by atoms with Gasteiger partial charge in [0, 0.05) is 28.6 Å². The molecule has 2 aromatic carbocycles. The highest BCUT2D eigenvalue weighted by molar-refractivity contribution is 6.31. The summed E-state index contributed by atoms with van der Waals surface area (Å²) in [7, 11) is 0. The van der Waals surface area contributed by atoms with Gasteiger partial charge in [0.2, 0.25) is 0 Å². The summed E-state index contributed by atoms with van der Waals surface area (Å²) >= 11 is 12.4. The van der Waals surface area contributed by atoms with E-state index in [0.717, 1.165) is 22.3 Å². The Balaban J connectivity index is 1.57. The largest absolute Gasteiger partial charge is 0.462 e. The first-order valence-corrected chi connectivity index (χ1v) is 13.8. The lowest BCUT2D eigenvalue weighted by molar-refractivity contribution is -0.160. The van der Waals surface area contributed by atoms with Crippen molar-refractivity contribution in [1.29, 1.82) is 0 Å². The van der Waals surface area contributed by atoms with Gasteiger partial charge in [0.15, 0.2) is 0 Å². The molecule has 0 bridgehead atoms. The van der Waals surface area contributed by atoms with Crippen molar-refractivity contribution in [1.82, 2.24) is 0 Å². The van der Waals surface area contributed by atoms with Crippen LogP contribution in [-0.4, -0.2) is 35.5 Å². The van der Waals surface area contributed by atoms with Gasteiger partial charge in [-0.2, -0.15) is 0 Å². The maximum atomic E-state index is 12.8. The number of carbonyl (C=O) groups is 2. The summed E-state index contributed by atoms with van der Waals surface area (Å²) in [6.07, 6.45) is 1.23. The summed E-state index contributed by atoms with van der Waals surface area (Å²) in [5, 5.41) is 14.2. The highest BCUT2D eigenvalue weighted by Gasteiger charge is 2.38. The van der Waals surface area contributed by atoms with Crippen molar-refractivity contribution in [2.45, 2.75) is 84.5 Å². The monoisotopic (exact) mass is 559 g/mol. The van der Waals surface area contributed by atoms with E-state index >= 15 is 0 Å². The molecule has 38 heavy (non-hydrogen) atoms. The number of aryl methyl sites for hydroxylation is 2. The van der Waals surface area contributed by atoms with Crippen LogP contribution in [-0.2, 0) is 14.3 Å². The molecule has 1 amide bonds. The lowest BCUT2D eigenvalue weighted by Crippen LogP contribution is -2.35. The van der Waals surface area contributed by atoms with Crippen LogP contribution in [0, 0.1) is 19.3 Å². The maximum Gasteiger partial charge on any atom is 0.411 e. The zero-order chi connectivity index (χ0) is 27.6. The number of halogens is 2. The van der Waals surface area contributed by atoms with Gasteiger partial charge in [-0.25, -0.2) is 4.79 Å². The second kappa shape index (κ2) is 11.7. The van der Waals surface area contributed by atoms with Crippen LogP contribution in [0.25, 0.3) is 5.57 Å². The van der Waals surface area contributed by atoms with Crippen LogP contribution in [0.2, 0.25) is 10.0 Å². The number of ether oxygens (including phenoxy) is 2. The Bertz CT molecular complexity index is 1260. The van der Waals surface area contributed by atoms with E-state index in [1.165, 1.54) is 5.57 Å². The molecule has 1 aliphatic heterocycles. The Morgan fingerprint density at radius 1 is 1.11 bits per heavy atom. The van der Waals surface area contributed by atoms with Crippen molar-refractivity contribution >= 4 is 46.5 Å². The van der Waals surface area contributed by atoms with Gasteiger partial charge in [-0.1, -0.05) is 54.8 Å². The van der Waals surface area contributed by atoms with Gasteiger partial charge in [-0.3, -0.25) is 10.1 Å². The number of esters is 1. The summed E-state index contributed by atoms with van der Waals surface area (Å²) < 4.78 is 11.4. The van der Waals surface area contributed by atoms with Crippen LogP contribution in [0.4, 0.5) is 10.5 Å². The highest BCUT2D eigenvalue weighted by Crippen LogP contribution is 2.47. The number of rotatable bonds is 6. The zero-order valence-electron chi connectivity index (χ0n) is 22.3. The summed E-state index contributed by atoms with van der Waals surface area (Å²) in [6, 6.07) is 11.3. The van der Waals surface area contributed by atoms with Gasteiger partial charge in [-0.15, -0.1) is 0 Å². The Morgan fingerprint density at radius 2 is 1.79 bits per heavy atom. The number of aliphatic hydroxyl groups excluding tert-OH is 1. The fourth-order valence-corrected chi connectivity index (χ4v) is 5.82. The predicted octanol–water partition coefficient (Wildman–Crippen LogP) is 7.65. The summed E-state index contributed by atoms with van der Waals surface area (Å²) in [6.45, 7) is 8.16. The number of nitrogens with one attached hydrogen (secondary N) is 1. The Hall–Kier alpha value is -2.54. The molecular weight excluding hydrogens is 525 g/mol. The number of hydrogen-bond donors (Lipinski definition) is 2. The second-order valence-electron chi connectivity index (χ2n) is 11.1. The number of cyclic esters (lactones) is 1. The third-order valence-corrected chi connectivity index (χ3v) is 8.34. The third kappa shape index (κ3) is 6.90. The molecule has 6 nitrogen and oxygen atoms in total. The molecule has 1 saturated heterocycles. The molecule has 1 aliphatic carbocycles. The first kappa shape index (κ1) is 28.5. The molecule has 4 rings (SSSR count). The normalized spacial score (nSPS) is 23.1. The van der Waals surface area contributed by atoms with E-state index in [4.69, 9.17) is 32.7 Å². The standard InChI is InChI=1S/C30H35Cl2NO5/c1-17-11-19(5-9-26(17)31)24-15-23(38-29(36)33-20-6-10-27(32)18(2)12-20)16-30(3,4)25(24)8-7-22-13-21(34)14-28(35)37-22/h5-6,9-12,21-23,34H,7-8,13-16H2,1-4H3,(H,33,36)/t21-,22-,23?/m0/s1. The molecule has 2 N–H and O–H groups in total. The van der Waals surface area contributed by atoms with Crippen LogP contribution < -0.4 is 5.32 Å². The Kier molecular flexibility index (Phi) is 8.75. The van der Waals surface area contributed by atoms with Gasteiger partial charge < -0.3 is 14.6 Å². The highest BCUT2D eigenvalue weighted by atomic mass is 35.5. The van der Waals surface area contributed by atoms with Crippen molar-refractivity contribution in [3.8, 4) is 0 Å². The number of hydrogen-bond acceptors (Lipinski definition) is 5. The molecule has 2 aliphatic rings. The minimum absolute atomic E-state index is 0.0522. The lowest BCUT2D eigenvalue weighted by Gasteiger charge is -2.40. The molecule has 0 aromatic heterocycles. The molecule has 2 aromatic rings. The van der Waals surface area contributed by atoms with E-state index in [0.29, 0.717) is 47.8 Å². The van der Waals surface area contributed by atoms with Crippen molar-refractivity contribution in [3.63, 3.8) is 0 Å². The van der Waals surface area contributed by atoms with E-state index in [1.807, 2.05) is 32.0 Å². The number of anilines is 1. The van der Waals surface area contributed by atoms with Gasteiger partial charge in [-0.05, 0) is 85.1 Å². The number of carbonyl (C=O) groups excluding carboxylic acids is 2. The van der Waals surface area contributed by atoms with E-state index < -0.39 is 12.2 Å². The first-order chi connectivity index (χ1) is 17.9. The van der Waals surface area contributed by atoms with Gasteiger partial charge in [0.25, 0.3) is 0 Å². The Morgan fingerprint density at radius 3 is 2.45 bits per heavy atom. The van der Waals surface area contributed by atoms with Gasteiger partial charge in [0.05, 0.1) is 12.5 Å². The molecule has 8 heteroatoms. The fourth-order valence-electron chi connectivity index (χ4n) is 5.59. The number of benzene rings is 2. The molecule has 1 fully saturated rings. The molecule has 0 spiro atoms. The number of amides is 1.